The van der Waals surface area contributed by atoms with Crippen LogP contribution in [-0.2, 0) is 0 Å². The van der Waals surface area contributed by atoms with Crippen LogP contribution < -0.4 is 0 Å². The van der Waals surface area contributed by atoms with Gasteiger partial charge in [-0.15, -0.1) is 0 Å². The summed E-state index contributed by atoms with van der Waals surface area (Å²) >= 11 is 2.15. The van der Waals surface area contributed by atoms with Gasteiger partial charge in [-0.1, -0.05) is 84.5 Å². The Hall–Kier alpha value is -0.570. The third-order valence-corrected chi connectivity index (χ3v) is 1.90. The average molecular weight is 314 g/mol. The molecule has 0 aliphatic carbocycles. The maximum absolute atomic E-state index is 2.20. The second kappa shape index (κ2) is 8.72. The standard InChI is InChI=1S/C11H10.C2H6.CH3I/c1-9-6-7-10-4-2-3-5-11(10)8-9;2*1-2/h2-8H,1H3;1-2H3;1H3. The van der Waals surface area contributed by atoms with Gasteiger partial charge in [0.05, 0.1) is 0 Å². The summed E-state index contributed by atoms with van der Waals surface area (Å²) in [5.74, 6) is 0. The van der Waals surface area contributed by atoms with Crippen LogP contribution in [0.2, 0.25) is 0 Å². The van der Waals surface area contributed by atoms with Crippen LogP contribution >= 0.6 is 22.6 Å². The summed E-state index contributed by atoms with van der Waals surface area (Å²) in [6, 6.07) is 14.9. The summed E-state index contributed by atoms with van der Waals surface area (Å²) in [5, 5.41) is 2.64. The molecule has 2 aromatic rings. The lowest BCUT2D eigenvalue weighted by Crippen LogP contribution is -1.73. The van der Waals surface area contributed by atoms with Crippen molar-refractivity contribution in [1.29, 1.82) is 0 Å². The molecule has 0 bridgehead atoms. The smallest absolute Gasteiger partial charge is 0.0121 e. The fraction of sp³-hybridized carbons (Fsp3) is 0.286. The molecule has 0 heterocycles. The van der Waals surface area contributed by atoms with Crippen molar-refractivity contribution in [1.82, 2.24) is 0 Å². The summed E-state index contributed by atoms with van der Waals surface area (Å²) in [4.78, 5) is 1.97. The predicted molar refractivity (Wildman–Crippen MR) is 80.0 cm³/mol. The lowest BCUT2D eigenvalue weighted by molar-refractivity contribution is 1.50. The Morgan fingerprint density at radius 3 is 1.93 bits per heavy atom. The Bertz CT molecular complexity index is 380. The molecule has 0 aliphatic heterocycles. The average Bonchev–Trinajstić information content (AvgIpc) is 2.34. The number of alkyl halides is 1. The molecular weight excluding hydrogens is 295 g/mol. The van der Waals surface area contributed by atoms with Crippen LogP contribution in [0.15, 0.2) is 42.5 Å². The van der Waals surface area contributed by atoms with Crippen LogP contribution in [0.3, 0.4) is 0 Å². The van der Waals surface area contributed by atoms with Crippen LogP contribution in [0.25, 0.3) is 10.8 Å². The SMILES string of the molecule is CC.CI.Cc1ccc2ccccc2c1. The number of halogens is 1. The van der Waals surface area contributed by atoms with Crippen molar-refractivity contribution in [3.8, 4) is 0 Å². The molecule has 0 saturated carbocycles. The van der Waals surface area contributed by atoms with Crippen LogP contribution in [0, 0.1) is 6.92 Å². The summed E-state index contributed by atoms with van der Waals surface area (Å²) < 4.78 is 0. The summed E-state index contributed by atoms with van der Waals surface area (Å²) in [6.45, 7) is 6.12. The van der Waals surface area contributed by atoms with Gasteiger partial charge in [0.15, 0.2) is 0 Å². The third-order valence-electron chi connectivity index (χ3n) is 1.90. The van der Waals surface area contributed by atoms with Gasteiger partial charge in [0.2, 0.25) is 0 Å². The molecule has 0 amide bonds. The van der Waals surface area contributed by atoms with Crippen molar-refractivity contribution in [2.24, 2.45) is 0 Å². The Balaban J connectivity index is 0.000000442. The number of benzene rings is 2. The number of aryl methyl sites for hydroxylation is 1. The molecule has 0 fully saturated rings. The molecule has 1 heteroatoms. The summed E-state index contributed by atoms with van der Waals surface area (Å²) in [5.41, 5.74) is 1.32. The van der Waals surface area contributed by atoms with E-state index in [-0.39, 0.29) is 0 Å². The molecular formula is C14H19I. The molecule has 15 heavy (non-hydrogen) atoms. The quantitative estimate of drug-likeness (QED) is 0.461. The largest absolute Gasteiger partial charge is 0.0901 e. The molecule has 0 spiro atoms. The van der Waals surface area contributed by atoms with E-state index in [1.54, 1.807) is 0 Å². The lowest BCUT2D eigenvalue weighted by atomic mass is 10.1. The third kappa shape index (κ3) is 4.65. The molecule has 0 aliphatic rings. The van der Waals surface area contributed by atoms with Gasteiger partial charge >= 0.3 is 0 Å². The Morgan fingerprint density at radius 2 is 1.33 bits per heavy atom. The maximum Gasteiger partial charge on any atom is -0.0121 e. The maximum atomic E-state index is 2.20. The van der Waals surface area contributed by atoms with E-state index in [4.69, 9.17) is 0 Å². The van der Waals surface area contributed by atoms with Gasteiger partial charge in [0.1, 0.15) is 0 Å². The van der Waals surface area contributed by atoms with E-state index < -0.39 is 0 Å². The van der Waals surface area contributed by atoms with Crippen LogP contribution in [0.4, 0.5) is 0 Å². The Kier molecular flexibility index (Phi) is 8.38. The second-order valence-electron chi connectivity index (χ2n) is 2.85. The Labute approximate surface area is 107 Å². The summed E-state index contributed by atoms with van der Waals surface area (Å²) in [6.07, 6.45) is 0. The molecule has 0 atom stereocenters. The van der Waals surface area contributed by atoms with E-state index in [1.165, 1.54) is 16.3 Å². The van der Waals surface area contributed by atoms with Crippen molar-refractivity contribution in [2.45, 2.75) is 20.8 Å². The van der Waals surface area contributed by atoms with Crippen molar-refractivity contribution >= 4 is 33.4 Å². The molecule has 82 valence electrons. The highest BCUT2D eigenvalue weighted by molar-refractivity contribution is 14.1. The van der Waals surface area contributed by atoms with Crippen LogP contribution in [0.5, 0.6) is 0 Å². The first kappa shape index (κ1) is 14.4. The van der Waals surface area contributed by atoms with Crippen molar-refractivity contribution in [3.05, 3.63) is 48.0 Å². The number of hydrogen-bond donors (Lipinski definition) is 0. The molecule has 0 N–H and O–H groups in total. The molecule has 0 unspecified atom stereocenters. The topological polar surface area (TPSA) is 0 Å². The summed E-state index contributed by atoms with van der Waals surface area (Å²) in [7, 11) is 0. The van der Waals surface area contributed by atoms with Crippen LogP contribution in [0.1, 0.15) is 19.4 Å². The predicted octanol–water partition coefficient (Wildman–Crippen LogP) is 5.23. The minimum Gasteiger partial charge on any atom is -0.0901 e. The van der Waals surface area contributed by atoms with E-state index in [0.29, 0.717) is 0 Å². The van der Waals surface area contributed by atoms with Crippen molar-refractivity contribution < 1.29 is 0 Å². The first-order valence-electron chi connectivity index (χ1n) is 5.19. The van der Waals surface area contributed by atoms with Crippen LogP contribution in [-0.4, -0.2) is 4.93 Å². The van der Waals surface area contributed by atoms with Gasteiger partial charge < -0.3 is 0 Å². The molecule has 0 aromatic heterocycles. The second-order valence-corrected chi connectivity index (χ2v) is 2.85. The normalized spacial score (nSPS) is 8.33. The zero-order valence-corrected chi connectivity index (χ0v) is 12.1. The van der Waals surface area contributed by atoms with Gasteiger partial charge in [-0.3, -0.25) is 0 Å². The highest BCUT2D eigenvalue weighted by atomic mass is 127. The minimum absolute atomic E-state index is 1.32. The first-order chi connectivity index (χ1) is 7.36. The van der Waals surface area contributed by atoms with Gasteiger partial charge in [-0.25, -0.2) is 0 Å². The van der Waals surface area contributed by atoms with E-state index in [0.717, 1.165) is 0 Å². The molecule has 0 nitrogen and oxygen atoms in total. The minimum atomic E-state index is 1.32. The van der Waals surface area contributed by atoms with E-state index >= 15 is 0 Å². The van der Waals surface area contributed by atoms with Crippen molar-refractivity contribution in [3.63, 3.8) is 0 Å². The molecule has 2 aromatic carbocycles. The zero-order chi connectivity index (χ0) is 11.7. The highest BCUT2D eigenvalue weighted by Gasteiger charge is 1.89. The number of fused-ring (bicyclic) bond motifs is 1. The monoisotopic (exact) mass is 314 g/mol. The van der Waals surface area contributed by atoms with E-state index in [9.17, 15) is 0 Å². The molecule has 2 rings (SSSR count). The molecule has 0 radical (unpaired) electrons. The number of rotatable bonds is 0. The number of hydrogen-bond acceptors (Lipinski definition) is 0. The van der Waals surface area contributed by atoms with Gasteiger partial charge in [-0.05, 0) is 22.6 Å². The fourth-order valence-corrected chi connectivity index (χ4v) is 1.31. The highest BCUT2D eigenvalue weighted by Crippen LogP contribution is 2.14. The lowest BCUT2D eigenvalue weighted by Gasteiger charge is -1.96. The molecule has 0 saturated heterocycles. The zero-order valence-electron chi connectivity index (χ0n) is 9.92. The fourth-order valence-electron chi connectivity index (χ4n) is 1.31. The van der Waals surface area contributed by atoms with Gasteiger partial charge in [-0.2, -0.15) is 0 Å². The van der Waals surface area contributed by atoms with E-state index in [1.807, 2.05) is 18.8 Å². The van der Waals surface area contributed by atoms with E-state index in [2.05, 4.69) is 72.0 Å². The Morgan fingerprint density at radius 1 is 0.800 bits per heavy atom. The van der Waals surface area contributed by atoms with Gasteiger partial charge in [0.25, 0.3) is 0 Å². The van der Waals surface area contributed by atoms with Crippen molar-refractivity contribution in [2.75, 3.05) is 4.93 Å². The first-order valence-corrected chi connectivity index (χ1v) is 7.35. The van der Waals surface area contributed by atoms with Gasteiger partial charge in [0, 0.05) is 0 Å².